The number of fused-ring (bicyclic) bond motifs is 1. The molecule has 0 spiro atoms. The van der Waals surface area contributed by atoms with E-state index in [-0.39, 0.29) is 11.2 Å². The lowest BCUT2D eigenvalue weighted by Gasteiger charge is -2.26. The van der Waals surface area contributed by atoms with Crippen molar-refractivity contribution in [2.45, 2.75) is 25.8 Å². The fraction of sp³-hybridized carbons (Fsp3) is 0.286. The van der Waals surface area contributed by atoms with Crippen LogP contribution in [0.1, 0.15) is 24.8 Å². The number of hydrogen-bond acceptors (Lipinski definition) is 4. The van der Waals surface area contributed by atoms with Gasteiger partial charge in [0.1, 0.15) is 17.6 Å². The van der Waals surface area contributed by atoms with Crippen LogP contribution in [-0.4, -0.2) is 23.1 Å². The highest BCUT2D eigenvalue weighted by molar-refractivity contribution is 6.36. The van der Waals surface area contributed by atoms with E-state index in [0.29, 0.717) is 44.2 Å². The Morgan fingerprint density at radius 2 is 1.81 bits per heavy atom. The molecule has 2 heterocycles. The molecule has 0 atom stereocenters. The number of likely N-dealkylation sites (tertiary alicyclic amines) is 1. The highest BCUT2D eigenvalue weighted by Crippen LogP contribution is 2.32. The summed E-state index contributed by atoms with van der Waals surface area (Å²) in [5, 5.41) is 11.7. The molecule has 4 nitrogen and oxygen atoms in total. The van der Waals surface area contributed by atoms with Crippen LogP contribution in [0.3, 0.4) is 0 Å². The molecule has 0 unspecified atom stereocenters. The first-order valence-electron chi connectivity index (χ1n) is 8.99. The van der Waals surface area contributed by atoms with Gasteiger partial charge in [0.25, 0.3) is 0 Å². The maximum absolute atomic E-state index is 13.1. The number of benzene rings is 2. The zero-order valence-corrected chi connectivity index (χ0v) is 16.2. The number of phenols is 1. The average Bonchev–Trinajstić information content (AvgIpc) is 2.66. The van der Waals surface area contributed by atoms with E-state index < -0.39 is 0 Å². The van der Waals surface area contributed by atoms with Crippen molar-refractivity contribution in [2.24, 2.45) is 0 Å². The Morgan fingerprint density at radius 3 is 2.56 bits per heavy atom. The topological polar surface area (TPSA) is 53.7 Å². The van der Waals surface area contributed by atoms with Crippen LogP contribution in [0.4, 0.5) is 0 Å². The van der Waals surface area contributed by atoms with Gasteiger partial charge in [-0.1, -0.05) is 35.7 Å². The Balaban J connectivity index is 1.82. The molecule has 0 bridgehead atoms. The molecule has 1 fully saturated rings. The van der Waals surface area contributed by atoms with Crippen molar-refractivity contribution in [1.82, 2.24) is 4.90 Å². The van der Waals surface area contributed by atoms with Gasteiger partial charge >= 0.3 is 0 Å². The summed E-state index contributed by atoms with van der Waals surface area (Å²) in [5.41, 5.74) is 1.85. The van der Waals surface area contributed by atoms with Crippen LogP contribution in [-0.2, 0) is 6.54 Å². The highest BCUT2D eigenvalue weighted by Gasteiger charge is 2.19. The summed E-state index contributed by atoms with van der Waals surface area (Å²) in [5.74, 6) is 0.147. The zero-order chi connectivity index (χ0) is 19.0. The first-order valence-corrected chi connectivity index (χ1v) is 9.74. The van der Waals surface area contributed by atoms with Crippen molar-refractivity contribution in [3.05, 3.63) is 62.4 Å². The number of hydrogen-bond donors (Lipinski definition) is 1. The van der Waals surface area contributed by atoms with Crippen LogP contribution in [0.5, 0.6) is 5.75 Å². The first kappa shape index (κ1) is 18.4. The number of aromatic hydroxyl groups is 1. The molecule has 1 aromatic heterocycles. The third-order valence-corrected chi connectivity index (χ3v) is 5.62. The number of rotatable bonds is 3. The Labute approximate surface area is 166 Å². The van der Waals surface area contributed by atoms with Crippen LogP contribution >= 0.6 is 23.2 Å². The standard InChI is InChI=1S/C21H19Cl2NO3/c22-13-4-5-14(18(23)10-13)17-12-27-21-15(20(17)26)6-7-19(25)16(21)11-24-8-2-1-3-9-24/h4-7,10,12,25H,1-3,8-9,11H2. The summed E-state index contributed by atoms with van der Waals surface area (Å²) >= 11 is 12.2. The minimum absolute atomic E-state index is 0.147. The van der Waals surface area contributed by atoms with Crippen molar-refractivity contribution >= 4 is 34.2 Å². The van der Waals surface area contributed by atoms with Crippen LogP contribution in [0.2, 0.25) is 10.0 Å². The molecule has 0 radical (unpaired) electrons. The van der Waals surface area contributed by atoms with E-state index in [4.69, 9.17) is 27.6 Å². The van der Waals surface area contributed by atoms with Crippen LogP contribution in [0.25, 0.3) is 22.1 Å². The molecule has 140 valence electrons. The van der Waals surface area contributed by atoms with Crippen molar-refractivity contribution in [1.29, 1.82) is 0 Å². The van der Waals surface area contributed by atoms with Crippen LogP contribution in [0.15, 0.2) is 45.8 Å². The second-order valence-electron chi connectivity index (χ2n) is 6.88. The van der Waals surface area contributed by atoms with Gasteiger partial charge in [-0.05, 0) is 50.2 Å². The second kappa shape index (κ2) is 7.55. The molecule has 0 amide bonds. The molecule has 4 rings (SSSR count). The van der Waals surface area contributed by atoms with E-state index >= 15 is 0 Å². The minimum Gasteiger partial charge on any atom is -0.507 e. The number of nitrogens with zero attached hydrogens (tertiary/aromatic N) is 1. The van der Waals surface area contributed by atoms with E-state index in [0.717, 1.165) is 25.9 Å². The van der Waals surface area contributed by atoms with Crippen LogP contribution in [0, 0.1) is 0 Å². The van der Waals surface area contributed by atoms with Gasteiger partial charge in [0.05, 0.1) is 21.5 Å². The van der Waals surface area contributed by atoms with Gasteiger partial charge in [-0.2, -0.15) is 0 Å². The molecule has 27 heavy (non-hydrogen) atoms. The molecule has 1 saturated heterocycles. The second-order valence-corrected chi connectivity index (χ2v) is 7.72. The Kier molecular flexibility index (Phi) is 5.13. The van der Waals surface area contributed by atoms with Gasteiger partial charge in [0, 0.05) is 17.1 Å². The van der Waals surface area contributed by atoms with Gasteiger partial charge < -0.3 is 9.52 Å². The molecule has 1 aliphatic heterocycles. The van der Waals surface area contributed by atoms with Crippen LogP contribution < -0.4 is 5.43 Å². The smallest absolute Gasteiger partial charge is 0.200 e. The third kappa shape index (κ3) is 3.57. The summed E-state index contributed by atoms with van der Waals surface area (Å²) in [4.78, 5) is 15.4. The van der Waals surface area contributed by atoms with E-state index in [2.05, 4.69) is 4.90 Å². The number of phenolic OH excluding ortho intramolecular Hbond substituents is 1. The summed E-state index contributed by atoms with van der Waals surface area (Å²) in [6.07, 6.45) is 4.95. The molecule has 3 aromatic rings. The lowest BCUT2D eigenvalue weighted by molar-refractivity contribution is 0.218. The first-order chi connectivity index (χ1) is 13.0. The molecule has 0 aliphatic carbocycles. The van der Waals surface area contributed by atoms with Gasteiger partial charge in [0.2, 0.25) is 5.43 Å². The maximum atomic E-state index is 13.1. The van der Waals surface area contributed by atoms with E-state index in [1.54, 1.807) is 30.3 Å². The van der Waals surface area contributed by atoms with Gasteiger partial charge in [0.15, 0.2) is 0 Å². The molecule has 1 aliphatic rings. The summed E-state index contributed by atoms with van der Waals surface area (Å²) in [6, 6.07) is 8.15. The van der Waals surface area contributed by atoms with E-state index in [1.807, 2.05) is 0 Å². The van der Waals surface area contributed by atoms with Crippen molar-refractivity contribution in [2.75, 3.05) is 13.1 Å². The molecule has 6 heteroatoms. The van der Waals surface area contributed by atoms with Gasteiger partial charge in [-0.15, -0.1) is 0 Å². The van der Waals surface area contributed by atoms with Gasteiger partial charge in [-0.25, -0.2) is 0 Å². The lowest BCUT2D eigenvalue weighted by atomic mass is 10.0. The van der Waals surface area contributed by atoms with E-state index in [9.17, 15) is 9.90 Å². The van der Waals surface area contributed by atoms with Crippen molar-refractivity contribution < 1.29 is 9.52 Å². The number of halogens is 2. The largest absolute Gasteiger partial charge is 0.507 e. The fourth-order valence-electron chi connectivity index (χ4n) is 3.63. The normalized spacial score (nSPS) is 15.3. The predicted molar refractivity (Wildman–Crippen MR) is 109 cm³/mol. The quantitative estimate of drug-likeness (QED) is 0.630. The highest BCUT2D eigenvalue weighted by atomic mass is 35.5. The zero-order valence-electron chi connectivity index (χ0n) is 14.7. The van der Waals surface area contributed by atoms with Crippen molar-refractivity contribution in [3.63, 3.8) is 0 Å². The molecule has 1 N–H and O–H groups in total. The summed E-state index contributed by atoms with van der Waals surface area (Å²) in [6.45, 7) is 2.53. The molecule has 0 saturated carbocycles. The van der Waals surface area contributed by atoms with Gasteiger partial charge in [-0.3, -0.25) is 9.69 Å². The fourth-order valence-corrected chi connectivity index (χ4v) is 4.15. The molecular formula is C21H19Cl2NO3. The Hall–Kier alpha value is -2.01. The average molecular weight is 404 g/mol. The molecular weight excluding hydrogens is 385 g/mol. The van der Waals surface area contributed by atoms with E-state index in [1.165, 1.54) is 12.7 Å². The number of piperidine rings is 1. The summed E-state index contributed by atoms with van der Waals surface area (Å²) in [7, 11) is 0. The minimum atomic E-state index is -0.180. The lowest BCUT2D eigenvalue weighted by Crippen LogP contribution is -2.29. The Bertz CT molecular complexity index is 1060. The molecule has 2 aromatic carbocycles. The maximum Gasteiger partial charge on any atom is 0.200 e. The predicted octanol–water partition coefficient (Wildman–Crippen LogP) is 5.46. The monoisotopic (exact) mass is 403 g/mol. The Morgan fingerprint density at radius 1 is 1.04 bits per heavy atom. The summed E-state index contributed by atoms with van der Waals surface area (Å²) < 4.78 is 5.84. The van der Waals surface area contributed by atoms with Crippen molar-refractivity contribution in [3.8, 4) is 16.9 Å². The SMILES string of the molecule is O=c1c(-c2ccc(Cl)cc2Cl)coc2c(CN3CCCCC3)c(O)ccc12. The third-order valence-electron chi connectivity index (χ3n) is 5.07.